The molecule has 4 heteroatoms. The number of halogens is 2. The maximum atomic E-state index is 13.2. The average molecular weight is 215 g/mol. The van der Waals surface area contributed by atoms with E-state index in [4.69, 9.17) is 11.6 Å². The van der Waals surface area contributed by atoms with Crippen LogP contribution in [0.5, 0.6) is 0 Å². The van der Waals surface area contributed by atoms with Crippen LogP contribution in [0.4, 0.5) is 4.39 Å². The van der Waals surface area contributed by atoms with E-state index < -0.39 is 11.8 Å². The Morgan fingerprint density at radius 3 is 2.79 bits per heavy atom. The zero-order chi connectivity index (χ0) is 10.7. The lowest BCUT2D eigenvalue weighted by atomic mass is 10.1. The van der Waals surface area contributed by atoms with Gasteiger partial charge in [0.1, 0.15) is 5.82 Å². The fourth-order valence-electron chi connectivity index (χ4n) is 0.962. The van der Waals surface area contributed by atoms with E-state index in [9.17, 15) is 9.18 Å². The van der Waals surface area contributed by atoms with E-state index in [1.54, 1.807) is 0 Å². The predicted molar refractivity (Wildman–Crippen MR) is 52.5 cm³/mol. The van der Waals surface area contributed by atoms with Crippen molar-refractivity contribution < 1.29 is 13.9 Å². The second-order valence-corrected chi connectivity index (χ2v) is 3.03. The minimum atomic E-state index is -0.675. The standard InChI is InChI=1S/C10H8ClFO2/c1-6(10(13)14-2)8-5-7(11)3-4-9(8)12/h3-5H,1H2,2H3. The van der Waals surface area contributed by atoms with E-state index in [2.05, 4.69) is 11.3 Å². The van der Waals surface area contributed by atoms with Gasteiger partial charge in [-0.15, -0.1) is 0 Å². The van der Waals surface area contributed by atoms with Crippen molar-refractivity contribution in [3.05, 3.63) is 41.2 Å². The van der Waals surface area contributed by atoms with E-state index in [1.807, 2.05) is 0 Å². The summed E-state index contributed by atoms with van der Waals surface area (Å²) in [5.74, 6) is -1.23. The summed E-state index contributed by atoms with van der Waals surface area (Å²) in [4.78, 5) is 11.0. The molecular weight excluding hydrogens is 207 g/mol. The van der Waals surface area contributed by atoms with Crippen LogP contribution in [0.15, 0.2) is 24.8 Å². The minimum absolute atomic E-state index is 0.0486. The summed E-state index contributed by atoms with van der Waals surface area (Å²) in [6.07, 6.45) is 0. The van der Waals surface area contributed by atoms with E-state index in [0.29, 0.717) is 5.02 Å². The molecule has 0 aliphatic heterocycles. The number of hydrogen-bond donors (Lipinski definition) is 0. The van der Waals surface area contributed by atoms with Gasteiger partial charge in [0, 0.05) is 10.6 Å². The van der Waals surface area contributed by atoms with Crippen LogP contribution in [0.1, 0.15) is 5.56 Å². The molecule has 14 heavy (non-hydrogen) atoms. The third-order valence-electron chi connectivity index (χ3n) is 1.69. The molecule has 1 rings (SSSR count). The molecular formula is C10H8ClFO2. The molecule has 0 unspecified atom stereocenters. The van der Waals surface area contributed by atoms with Gasteiger partial charge in [-0.1, -0.05) is 18.2 Å². The smallest absolute Gasteiger partial charge is 0.337 e. The van der Waals surface area contributed by atoms with Crippen molar-refractivity contribution in [3.63, 3.8) is 0 Å². The van der Waals surface area contributed by atoms with E-state index in [-0.39, 0.29) is 11.1 Å². The van der Waals surface area contributed by atoms with Gasteiger partial charge in [-0.05, 0) is 18.2 Å². The van der Waals surface area contributed by atoms with Crippen LogP contribution < -0.4 is 0 Å². The fourth-order valence-corrected chi connectivity index (χ4v) is 1.13. The van der Waals surface area contributed by atoms with Gasteiger partial charge in [-0.2, -0.15) is 0 Å². The Balaban J connectivity index is 3.12. The fraction of sp³-hybridized carbons (Fsp3) is 0.100. The number of ether oxygens (including phenoxy) is 1. The molecule has 1 aromatic carbocycles. The number of benzene rings is 1. The highest BCUT2D eigenvalue weighted by Crippen LogP contribution is 2.21. The van der Waals surface area contributed by atoms with Crippen molar-refractivity contribution in [2.75, 3.05) is 7.11 Å². The Morgan fingerprint density at radius 2 is 2.21 bits per heavy atom. The molecule has 0 saturated heterocycles. The minimum Gasteiger partial charge on any atom is -0.465 e. The van der Waals surface area contributed by atoms with Gasteiger partial charge in [0.25, 0.3) is 0 Å². The Hall–Kier alpha value is -1.35. The Bertz CT molecular complexity index is 388. The van der Waals surface area contributed by atoms with Crippen molar-refractivity contribution in [1.82, 2.24) is 0 Å². The van der Waals surface area contributed by atoms with Gasteiger partial charge in [0.05, 0.1) is 12.7 Å². The van der Waals surface area contributed by atoms with Crippen LogP contribution in [0.2, 0.25) is 5.02 Å². The van der Waals surface area contributed by atoms with Crippen LogP contribution in [0.3, 0.4) is 0 Å². The van der Waals surface area contributed by atoms with Crippen LogP contribution in [-0.2, 0) is 9.53 Å². The van der Waals surface area contributed by atoms with Crippen molar-refractivity contribution in [2.45, 2.75) is 0 Å². The number of rotatable bonds is 2. The predicted octanol–water partition coefficient (Wildman–Crippen LogP) is 2.67. The summed E-state index contributed by atoms with van der Waals surface area (Å²) in [6, 6.07) is 3.90. The normalized spacial score (nSPS) is 9.64. The molecule has 0 radical (unpaired) electrons. The summed E-state index contributed by atoms with van der Waals surface area (Å²) in [5.41, 5.74) is 0.0110. The molecule has 0 atom stereocenters. The van der Waals surface area contributed by atoms with Gasteiger partial charge in [0.15, 0.2) is 0 Å². The van der Waals surface area contributed by atoms with E-state index in [1.165, 1.54) is 25.3 Å². The molecule has 0 aliphatic rings. The van der Waals surface area contributed by atoms with Gasteiger partial charge >= 0.3 is 5.97 Å². The first-order valence-electron chi connectivity index (χ1n) is 3.79. The highest BCUT2D eigenvalue weighted by atomic mass is 35.5. The van der Waals surface area contributed by atoms with Crippen molar-refractivity contribution in [2.24, 2.45) is 0 Å². The first-order chi connectivity index (χ1) is 6.56. The zero-order valence-electron chi connectivity index (χ0n) is 7.51. The number of hydrogen-bond acceptors (Lipinski definition) is 2. The Morgan fingerprint density at radius 1 is 1.57 bits per heavy atom. The summed E-state index contributed by atoms with van der Waals surface area (Å²) in [6.45, 7) is 3.42. The molecule has 0 bridgehead atoms. The van der Waals surface area contributed by atoms with Crippen LogP contribution >= 0.6 is 11.6 Å². The van der Waals surface area contributed by atoms with Crippen LogP contribution in [-0.4, -0.2) is 13.1 Å². The maximum Gasteiger partial charge on any atom is 0.337 e. The number of methoxy groups -OCH3 is 1. The second kappa shape index (κ2) is 4.24. The molecule has 1 aromatic rings. The monoisotopic (exact) mass is 214 g/mol. The number of carbonyl (C=O) groups excluding carboxylic acids is 1. The van der Waals surface area contributed by atoms with Crippen molar-refractivity contribution in [3.8, 4) is 0 Å². The molecule has 0 heterocycles. The summed E-state index contributed by atoms with van der Waals surface area (Å²) in [5, 5.41) is 0.339. The Kier molecular flexibility index (Phi) is 3.25. The number of carbonyl (C=O) groups is 1. The zero-order valence-corrected chi connectivity index (χ0v) is 8.27. The lowest BCUT2D eigenvalue weighted by molar-refractivity contribution is -0.133. The number of esters is 1. The lowest BCUT2D eigenvalue weighted by Crippen LogP contribution is -2.04. The third kappa shape index (κ3) is 2.12. The van der Waals surface area contributed by atoms with E-state index >= 15 is 0 Å². The molecule has 2 nitrogen and oxygen atoms in total. The highest BCUT2D eigenvalue weighted by molar-refractivity contribution is 6.31. The van der Waals surface area contributed by atoms with E-state index in [0.717, 1.165) is 0 Å². The maximum absolute atomic E-state index is 13.2. The molecule has 74 valence electrons. The van der Waals surface area contributed by atoms with Crippen LogP contribution in [0.25, 0.3) is 5.57 Å². The molecule has 0 fully saturated rings. The summed E-state index contributed by atoms with van der Waals surface area (Å²) < 4.78 is 17.6. The molecule has 0 N–H and O–H groups in total. The lowest BCUT2D eigenvalue weighted by Gasteiger charge is -2.05. The van der Waals surface area contributed by atoms with Crippen molar-refractivity contribution >= 4 is 23.1 Å². The second-order valence-electron chi connectivity index (χ2n) is 2.59. The summed E-state index contributed by atoms with van der Waals surface area (Å²) in [7, 11) is 1.20. The average Bonchev–Trinajstić information content (AvgIpc) is 2.19. The molecule has 0 saturated carbocycles. The summed E-state index contributed by atoms with van der Waals surface area (Å²) >= 11 is 5.65. The third-order valence-corrected chi connectivity index (χ3v) is 1.92. The first kappa shape index (κ1) is 10.7. The first-order valence-corrected chi connectivity index (χ1v) is 4.16. The van der Waals surface area contributed by atoms with Gasteiger partial charge < -0.3 is 4.74 Å². The molecule has 0 amide bonds. The van der Waals surface area contributed by atoms with Crippen molar-refractivity contribution in [1.29, 1.82) is 0 Å². The largest absolute Gasteiger partial charge is 0.465 e. The van der Waals surface area contributed by atoms with Gasteiger partial charge in [-0.3, -0.25) is 0 Å². The van der Waals surface area contributed by atoms with Gasteiger partial charge in [-0.25, -0.2) is 9.18 Å². The molecule has 0 spiro atoms. The Labute approximate surface area is 85.9 Å². The van der Waals surface area contributed by atoms with Crippen LogP contribution in [0, 0.1) is 5.82 Å². The quantitative estimate of drug-likeness (QED) is 0.559. The van der Waals surface area contributed by atoms with Gasteiger partial charge in [0.2, 0.25) is 0 Å². The molecule has 0 aromatic heterocycles. The topological polar surface area (TPSA) is 26.3 Å². The SMILES string of the molecule is C=C(C(=O)OC)c1cc(Cl)ccc1F. The highest BCUT2D eigenvalue weighted by Gasteiger charge is 2.13. The molecule has 0 aliphatic carbocycles.